The molecule has 2 N–H and O–H groups in total. The number of carboxylic acid groups (broad SMARTS) is 1. The van der Waals surface area contributed by atoms with Gasteiger partial charge in [0.05, 0.1) is 6.54 Å². The second-order valence-electron chi connectivity index (χ2n) is 5.43. The fraction of sp³-hybridized carbons (Fsp3) is 0.467. The van der Waals surface area contributed by atoms with Crippen LogP contribution in [0.15, 0.2) is 18.2 Å². The number of carbonyl (C=O) groups is 2. The van der Waals surface area contributed by atoms with Gasteiger partial charge in [-0.1, -0.05) is 0 Å². The van der Waals surface area contributed by atoms with Gasteiger partial charge >= 0.3 is 5.97 Å². The van der Waals surface area contributed by atoms with Crippen molar-refractivity contribution in [2.75, 3.05) is 19.6 Å². The van der Waals surface area contributed by atoms with Crippen molar-refractivity contribution in [3.63, 3.8) is 0 Å². The molecule has 0 spiro atoms. The molecule has 0 bridgehead atoms. The van der Waals surface area contributed by atoms with Crippen LogP contribution in [0.5, 0.6) is 0 Å². The Morgan fingerprint density at radius 2 is 2.00 bits per heavy atom. The van der Waals surface area contributed by atoms with E-state index in [2.05, 4.69) is 5.32 Å². The zero-order valence-corrected chi connectivity index (χ0v) is 11.9. The Balaban J connectivity index is 1.88. The van der Waals surface area contributed by atoms with E-state index in [1.807, 2.05) is 4.90 Å². The van der Waals surface area contributed by atoms with E-state index in [-0.39, 0.29) is 18.5 Å². The number of likely N-dealkylation sites (tertiary alicyclic amines) is 1. The number of halogens is 1. The van der Waals surface area contributed by atoms with E-state index >= 15 is 0 Å². The number of hydrogen-bond acceptors (Lipinski definition) is 3. The molecule has 21 heavy (non-hydrogen) atoms. The fourth-order valence-corrected chi connectivity index (χ4v) is 2.56. The van der Waals surface area contributed by atoms with Gasteiger partial charge in [0.1, 0.15) is 5.82 Å². The minimum Gasteiger partial charge on any atom is -0.480 e. The summed E-state index contributed by atoms with van der Waals surface area (Å²) < 4.78 is 13.3. The second-order valence-corrected chi connectivity index (χ2v) is 5.43. The van der Waals surface area contributed by atoms with Crippen molar-refractivity contribution in [2.45, 2.75) is 25.8 Å². The highest BCUT2D eigenvalue weighted by Gasteiger charge is 2.22. The summed E-state index contributed by atoms with van der Waals surface area (Å²) in [6.45, 7) is 3.05. The first-order chi connectivity index (χ1) is 9.94. The van der Waals surface area contributed by atoms with Crippen molar-refractivity contribution in [3.8, 4) is 0 Å². The van der Waals surface area contributed by atoms with Crippen LogP contribution in [0.25, 0.3) is 0 Å². The number of amides is 1. The van der Waals surface area contributed by atoms with Gasteiger partial charge in [0.25, 0.3) is 5.91 Å². The van der Waals surface area contributed by atoms with Crippen molar-refractivity contribution in [3.05, 3.63) is 35.1 Å². The molecule has 1 heterocycles. The molecule has 1 aromatic rings. The Bertz CT molecular complexity index is 519. The van der Waals surface area contributed by atoms with Crippen LogP contribution in [-0.4, -0.2) is 47.6 Å². The van der Waals surface area contributed by atoms with E-state index in [4.69, 9.17) is 5.11 Å². The predicted octanol–water partition coefficient (Wildman–Crippen LogP) is 1.41. The molecule has 0 atom stereocenters. The molecule has 1 saturated heterocycles. The minimum absolute atomic E-state index is 0.00567. The zero-order chi connectivity index (χ0) is 15.4. The minimum atomic E-state index is -0.840. The van der Waals surface area contributed by atoms with Gasteiger partial charge < -0.3 is 10.4 Å². The van der Waals surface area contributed by atoms with Gasteiger partial charge in [-0.3, -0.25) is 14.5 Å². The number of nitrogens with zero attached hydrogens (tertiary/aromatic N) is 1. The topological polar surface area (TPSA) is 69.6 Å². The molecule has 0 radical (unpaired) electrons. The Morgan fingerprint density at radius 1 is 1.33 bits per heavy atom. The second kappa shape index (κ2) is 6.67. The lowest BCUT2D eigenvalue weighted by Crippen LogP contribution is -2.45. The summed E-state index contributed by atoms with van der Waals surface area (Å²) in [5, 5.41) is 11.6. The van der Waals surface area contributed by atoms with Crippen LogP contribution in [0.3, 0.4) is 0 Å². The number of benzene rings is 1. The molecule has 0 unspecified atom stereocenters. The van der Waals surface area contributed by atoms with Crippen molar-refractivity contribution in [1.82, 2.24) is 10.2 Å². The quantitative estimate of drug-likeness (QED) is 0.881. The third kappa shape index (κ3) is 4.53. The molecular weight excluding hydrogens is 275 g/mol. The van der Waals surface area contributed by atoms with Gasteiger partial charge in [0.2, 0.25) is 0 Å². The Hall–Kier alpha value is -1.95. The maximum atomic E-state index is 13.3. The van der Waals surface area contributed by atoms with E-state index in [9.17, 15) is 14.0 Å². The summed E-state index contributed by atoms with van der Waals surface area (Å²) in [4.78, 5) is 24.6. The third-order valence-corrected chi connectivity index (χ3v) is 3.59. The monoisotopic (exact) mass is 294 g/mol. The summed E-state index contributed by atoms with van der Waals surface area (Å²) in [5.41, 5.74) is 1.02. The van der Waals surface area contributed by atoms with Crippen LogP contribution in [0.1, 0.15) is 28.8 Å². The lowest BCUT2D eigenvalue weighted by Gasteiger charge is -2.31. The lowest BCUT2D eigenvalue weighted by atomic mass is 10.0. The molecule has 1 aromatic carbocycles. The first-order valence-electron chi connectivity index (χ1n) is 6.96. The molecule has 1 fully saturated rings. The standard InChI is InChI=1S/C15H19FN2O3/c1-10-6-11(8-12(16)7-10)15(21)17-13-2-4-18(5-3-13)9-14(19)20/h6-8,13H,2-5,9H2,1H3,(H,17,21)(H,19,20). The van der Waals surface area contributed by atoms with E-state index < -0.39 is 11.8 Å². The number of carboxylic acids is 1. The number of carbonyl (C=O) groups excluding carboxylic acids is 1. The molecule has 1 amide bonds. The van der Waals surface area contributed by atoms with Gasteiger partial charge in [-0.25, -0.2) is 4.39 Å². The number of aliphatic carboxylic acids is 1. The normalized spacial score (nSPS) is 16.7. The molecule has 1 aliphatic heterocycles. The number of piperidine rings is 1. The van der Waals surface area contributed by atoms with Crippen LogP contribution in [0.4, 0.5) is 4.39 Å². The van der Waals surface area contributed by atoms with E-state index in [0.29, 0.717) is 37.1 Å². The summed E-state index contributed by atoms with van der Waals surface area (Å²) >= 11 is 0. The van der Waals surface area contributed by atoms with E-state index in [1.54, 1.807) is 13.0 Å². The number of aryl methyl sites for hydroxylation is 1. The molecule has 5 nitrogen and oxygen atoms in total. The highest BCUT2D eigenvalue weighted by Crippen LogP contribution is 2.12. The van der Waals surface area contributed by atoms with Crippen molar-refractivity contribution < 1.29 is 19.1 Å². The Kier molecular flexibility index (Phi) is 4.90. The van der Waals surface area contributed by atoms with Crippen molar-refractivity contribution in [2.24, 2.45) is 0 Å². The van der Waals surface area contributed by atoms with Crippen LogP contribution < -0.4 is 5.32 Å². The van der Waals surface area contributed by atoms with Crippen molar-refractivity contribution in [1.29, 1.82) is 0 Å². The van der Waals surface area contributed by atoms with Crippen LogP contribution in [0, 0.1) is 12.7 Å². The summed E-state index contributed by atoms with van der Waals surface area (Å²) in [5.74, 6) is -1.54. The van der Waals surface area contributed by atoms with Gasteiger partial charge in [-0.05, 0) is 43.5 Å². The molecule has 1 aliphatic rings. The molecule has 0 aromatic heterocycles. The molecular formula is C15H19FN2O3. The largest absolute Gasteiger partial charge is 0.480 e. The van der Waals surface area contributed by atoms with E-state index in [0.717, 1.165) is 0 Å². The maximum absolute atomic E-state index is 13.3. The van der Waals surface area contributed by atoms with Gasteiger partial charge in [0.15, 0.2) is 0 Å². The SMILES string of the molecule is Cc1cc(F)cc(C(=O)NC2CCN(CC(=O)O)CC2)c1. The molecule has 0 aliphatic carbocycles. The highest BCUT2D eigenvalue weighted by atomic mass is 19.1. The molecule has 114 valence electrons. The average molecular weight is 294 g/mol. The third-order valence-electron chi connectivity index (χ3n) is 3.59. The van der Waals surface area contributed by atoms with Crippen molar-refractivity contribution >= 4 is 11.9 Å². The summed E-state index contributed by atoms with van der Waals surface area (Å²) in [6.07, 6.45) is 1.40. The van der Waals surface area contributed by atoms with Gasteiger partial charge in [0, 0.05) is 24.7 Å². The van der Waals surface area contributed by atoms with Crippen LogP contribution in [0.2, 0.25) is 0 Å². The molecule has 0 saturated carbocycles. The Labute approximate surface area is 122 Å². The number of nitrogens with one attached hydrogen (secondary N) is 1. The predicted molar refractivity (Wildman–Crippen MR) is 75.7 cm³/mol. The molecule has 2 rings (SSSR count). The van der Waals surface area contributed by atoms with E-state index in [1.165, 1.54) is 12.1 Å². The average Bonchev–Trinajstić information content (AvgIpc) is 2.39. The van der Waals surface area contributed by atoms with Crippen LogP contribution >= 0.6 is 0 Å². The van der Waals surface area contributed by atoms with Crippen LogP contribution in [-0.2, 0) is 4.79 Å². The lowest BCUT2D eigenvalue weighted by molar-refractivity contribution is -0.138. The number of hydrogen-bond donors (Lipinski definition) is 2. The smallest absolute Gasteiger partial charge is 0.317 e. The molecule has 6 heteroatoms. The van der Waals surface area contributed by atoms with Gasteiger partial charge in [-0.15, -0.1) is 0 Å². The Morgan fingerprint density at radius 3 is 2.57 bits per heavy atom. The zero-order valence-electron chi connectivity index (χ0n) is 11.9. The summed E-state index contributed by atoms with van der Waals surface area (Å²) in [6, 6.07) is 4.26. The van der Waals surface area contributed by atoms with Gasteiger partial charge in [-0.2, -0.15) is 0 Å². The highest BCUT2D eigenvalue weighted by molar-refractivity contribution is 5.94. The first-order valence-corrected chi connectivity index (χ1v) is 6.96. The first kappa shape index (κ1) is 15.4. The number of rotatable bonds is 4. The maximum Gasteiger partial charge on any atom is 0.317 e. The summed E-state index contributed by atoms with van der Waals surface area (Å²) in [7, 11) is 0. The fourth-order valence-electron chi connectivity index (χ4n) is 2.56.